The highest BCUT2D eigenvalue weighted by Crippen LogP contribution is 2.23. The Kier molecular flexibility index (Phi) is 3.73. The summed E-state index contributed by atoms with van der Waals surface area (Å²) in [6, 6.07) is 7.99. The van der Waals surface area contributed by atoms with Crippen LogP contribution in [0.5, 0.6) is 5.75 Å². The monoisotopic (exact) mass is 181 g/mol. The first-order valence-electron chi connectivity index (χ1n) is 4.21. The van der Waals surface area contributed by atoms with Gasteiger partial charge in [0.2, 0.25) is 0 Å². The standard InChI is InChI=1S/C10H15NO2/c1-8(11-13-3)9-6-4-5-7-10(9)12-2/h4-8,11H,1-3H3/t8-/m0/s1. The third-order valence-electron chi connectivity index (χ3n) is 1.90. The van der Waals surface area contributed by atoms with Gasteiger partial charge in [-0.15, -0.1) is 0 Å². The van der Waals surface area contributed by atoms with E-state index < -0.39 is 0 Å². The largest absolute Gasteiger partial charge is 0.496 e. The summed E-state index contributed by atoms with van der Waals surface area (Å²) in [5, 5.41) is 0. The van der Waals surface area contributed by atoms with Gasteiger partial charge in [-0.3, -0.25) is 0 Å². The predicted octanol–water partition coefficient (Wildman–Crippen LogP) is 1.91. The molecule has 0 amide bonds. The predicted molar refractivity (Wildman–Crippen MR) is 51.6 cm³/mol. The maximum atomic E-state index is 5.22. The molecule has 3 nitrogen and oxygen atoms in total. The maximum Gasteiger partial charge on any atom is 0.123 e. The van der Waals surface area contributed by atoms with Gasteiger partial charge in [0.05, 0.1) is 20.3 Å². The SMILES string of the molecule is CON[C@@H](C)c1ccccc1OC. The second-order valence-corrected chi connectivity index (χ2v) is 2.79. The van der Waals surface area contributed by atoms with Crippen LogP contribution in [0.2, 0.25) is 0 Å². The van der Waals surface area contributed by atoms with Crippen molar-refractivity contribution in [3.05, 3.63) is 29.8 Å². The minimum Gasteiger partial charge on any atom is -0.496 e. The van der Waals surface area contributed by atoms with E-state index in [2.05, 4.69) is 5.48 Å². The molecule has 13 heavy (non-hydrogen) atoms. The molecule has 1 aromatic carbocycles. The number of nitrogens with one attached hydrogen (secondary N) is 1. The van der Waals surface area contributed by atoms with E-state index in [1.54, 1.807) is 14.2 Å². The topological polar surface area (TPSA) is 30.5 Å². The van der Waals surface area contributed by atoms with Crippen LogP contribution in [0.15, 0.2) is 24.3 Å². The molecular formula is C10H15NO2. The lowest BCUT2D eigenvalue weighted by molar-refractivity contribution is 0.0651. The van der Waals surface area contributed by atoms with E-state index in [-0.39, 0.29) is 6.04 Å². The highest BCUT2D eigenvalue weighted by molar-refractivity contribution is 5.35. The minimum absolute atomic E-state index is 0.126. The summed E-state index contributed by atoms with van der Waals surface area (Å²) in [6.45, 7) is 2.02. The number of benzene rings is 1. The molecule has 1 rings (SSSR count). The number of rotatable bonds is 4. The average Bonchev–Trinajstić information content (AvgIpc) is 2.18. The summed E-state index contributed by atoms with van der Waals surface area (Å²) in [5.41, 5.74) is 3.95. The van der Waals surface area contributed by atoms with Crippen LogP contribution in [0.25, 0.3) is 0 Å². The van der Waals surface area contributed by atoms with Gasteiger partial charge in [-0.1, -0.05) is 18.2 Å². The van der Waals surface area contributed by atoms with E-state index in [1.807, 2.05) is 31.2 Å². The zero-order valence-electron chi connectivity index (χ0n) is 8.20. The molecule has 0 saturated carbocycles. The lowest BCUT2D eigenvalue weighted by atomic mass is 10.1. The summed E-state index contributed by atoms with van der Waals surface area (Å²) < 4.78 is 5.22. The van der Waals surface area contributed by atoms with Crippen molar-refractivity contribution in [3.63, 3.8) is 0 Å². The third kappa shape index (κ3) is 2.44. The molecule has 0 aliphatic carbocycles. The summed E-state index contributed by atoms with van der Waals surface area (Å²) in [4.78, 5) is 4.85. The molecule has 1 aromatic rings. The second-order valence-electron chi connectivity index (χ2n) is 2.79. The highest BCUT2D eigenvalue weighted by atomic mass is 16.6. The van der Waals surface area contributed by atoms with Gasteiger partial charge in [-0.2, -0.15) is 5.48 Å². The third-order valence-corrected chi connectivity index (χ3v) is 1.90. The average molecular weight is 181 g/mol. The summed E-state index contributed by atoms with van der Waals surface area (Å²) >= 11 is 0. The Morgan fingerprint density at radius 3 is 2.54 bits per heavy atom. The lowest BCUT2D eigenvalue weighted by Gasteiger charge is -2.15. The molecule has 0 bridgehead atoms. The fraction of sp³-hybridized carbons (Fsp3) is 0.400. The van der Waals surface area contributed by atoms with Crippen LogP contribution in [-0.4, -0.2) is 14.2 Å². The molecule has 1 N–H and O–H groups in total. The zero-order valence-corrected chi connectivity index (χ0v) is 8.20. The molecule has 3 heteroatoms. The molecule has 0 aliphatic heterocycles. The van der Waals surface area contributed by atoms with Crippen LogP contribution in [0, 0.1) is 0 Å². The number of hydrogen-bond acceptors (Lipinski definition) is 3. The zero-order chi connectivity index (χ0) is 9.68. The molecule has 72 valence electrons. The van der Waals surface area contributed by atoms with Crippen molar-refractivity contribution in [2.75, 3.05) is 14.2 Å². The van der Waals surface area contributed by atoms with Crippen LogP contribution in [0.3, 0.4) is 0 Å². The highest BCUT2D eigenvalue weighted by Gasteiger charge is 2.08. The summed E-state index contributed by atoms with van der Waals surface area (Å²) in [5.74, 6) is 0.875. The first kappa shape index (κ1) is 10.0. The van der Waals surface area contributed by atoms with Crippen molar-refractivity contribution in [1.82, 2.24) is 5.48 Å². The molecule has 0 saturated heterocycles. The number of hydrogen-bond donors (Lipinski definition) is 1. The van der Waals surface area contributed by atoms with Gasteiger partial charge < -0.3 is 9.57 Å². The van der Waals surface area contributed by atoms with E-state index in [0.29, 0.717) is 0 Å². The van der Waals surface area contributed by atoms with E-state index >= 15 is 0 Å². The fourth-order valence-corrected chi connectivity index (χ4v) is 1.26. The van der Waals surface area contributed by atoms with Crippen molar-refractivity contribution in [2.24, 2.45) is 0 Å². The van der Waals surface area contributed by atoms with Gasteiger partial charge in [-0.25, -0.2) is 0 Å². The van der Waals surface area contributed by atoms with Gasteiger partial charge in [0.15, 0.2) is 0 Å². The van der Waals surface area contributed by atoms with Gasteiger partial charge >= 0.3 is 0 Å². The van der Waals surface area contributed by atoms with Crippen molar-refractivity contribution in [1.29, 1.82) is 0 Å². The number of para-hydroxylation sites is 1. The van der Waals surface area contributed by atoms with Gasteiger partial charge in [0, 0.05) is 5.56 Å². The van der Waals surface area contributed by atoms with E-state index in [4.69, 9.17) is 9.57 Å². The van der Waals surface area contributed by atoms with Crippen LogP contribution < -0.4 is 10.2 Å². The van der Waals surface area contributed by atoms with E-state index in [9.17, 15) is 0 Å². The molecule has 0 fully saturated rings. The van der Waals surface area contributed by atoms with Gasteiger partial charge in [-0.05, 0) is 13.0 Å². The van der Waals surface area contributed by atoms with Crippen LogP contribution >= 0.6 is 0 Å². The quantitative estimate of drug-likeness (QED) is 0.720. The van der Waals surface area contributed by atoms with Gasteiger partial charge in [0.1, 0.15) is 5.75 Å². The summed E-state index contributed by atoms with van der Waals surface area (Å²) in [7, 11) is 3.27. The molecule has 0 unspecified atom stereocenters. The normalized spacial score (nSPS) is 12.5. The van der Waals surface area contributed by atoms with Crippen molar-refractivity contribution < 1.29 is 9.57 Å². The van der Waals surface area contributed by atoms with Crippen molar-refractivity contribution in [3.8, 4) is 5.75 Å². The fourth-order valence-electron chi connectivity index (χ4n) is 1.26. The van der Waals surface area contributed by atoms with Crippen molar-refractivity contribution in [2.45, 2.75) is 13.0 Å². The van der Waals surface area contributed by atoms with Crippen LogP contribution in [0.4, 0.5) is 0 Å². The molecular weight excluding hydrogens is 166 g/mol. The van der Waals surface area contributed by atoms with E-state index in [1.165, 1.54) is 0 Å². The Bertz CT molecular complexity index is 263. The Hall–Kier alpha value is -1.06. The Labute approximate surface area is 78.6 Å². The Morgan fingerprint density at radius 2 is 1.92 bits per heavy atom. The first-order valence-corrected chi connectivity index (χ1v) is 4.21. The number of methoxy groups -OCH3 is 1. The Morgan fingerprint density at radius 1 is 1.23 bits per heavy atom. The number of hydroxylamine groups is 1. The molecule has 0 aromatic heterocycles. The molecule has 1 atom stereocenters. The van der Waals surface area contributed by atoms with E-state index in [0.717, 1.165) is 11.3 Å². The smallest absolute Gasteiger partial charge is 0.123 e. The first-order chi connectivity index (χ1) is 6.29. The Balaban J connectivity index is 2.85. The van der Waals surface area contributed by atoms with Crippen molar-refractivity contribution >= 4 is 0 Å². The second kappa shape index (κ2) is 4.84. The number of ether oxygens (including phenoxy) is 1. The minimum atomic E-state index is 0.126. The van der Waals surface area contributed by atoms with Crippen LogP contribution in [0.1, 0.15) is 18.5 Å². The molecule has 0 aliphatic rings. The van der Waals surface area contributed by atoms with Crippen LogP contribution in [-0.2, 0) is 4.84 Å². The lowest BCUT2D eigenvalue weighted by Crippen LogP contribution is -2.17. The maximum absolute atomic E-state index is 5.22. The molecule has 0 radical (unpaired) electrons. The molecule has 0 heterocycles. The molecule has 0 spiro atoms. The van der Waals surface area contributed by atoms with Gasteiger partial charge in [0.25, 0.3) is 0 Å². The summed E-state index contributed by atoms with van der Waals surface area (Å²) in [6.07, 6.45) is 0.